The zero-order chi connectivity index (χ0) is 12.1. The number of aryl methyl sites for hydroxylation is 1. The third kappa shape index (κ3) is 3.22. The number of nitrogens with one attached hydrogen (secondary N) is 1. The minimum atomic E-state index is -0.182. The quantitative estimate of drug-likeness (QED) is 0.831. The lowest BCUT2D eigenvalue weighted by molar-refractivity contribution is 0.0947. The summed E-state index contributed by atoms with van der Waals surface area (Å²) in [4.78, 5) is 23.0. The van der Waals surface area contributed by atoms with Crippen molar-refractivity contribution in [1.29, 1.82) is 0 Å². The summed E-state index contributed by atoms with van der Waals surface area (Å²) in [6.45, 7) is 4.80. The molecule has 0 aliphatic carbocycles. The number of nitrogens with zero attached hydrogens (tertiary/aromatic N) is 1. The first-order chi connectivity index (χ1) is 7.54. The Bertz CT molecular complexity index is 423. The highest BCUT2D eigenvalue weighted by atomic mass is 16.2. The molecule has 1 atom stereocenters. The highest BCUT2D eigenvalue weighted by molar-refractivity contribution is 5.93. The number of carbonyl (C=O) groups excluding carboxylic acids is 1. The van der Waals surface area contributed by atoms with Crippen LogP contribution in [0.15, 0.2) is 23.1 Å². The molecule has 4 heteroatoms. The van der Waals surface area contributed by atoms with Gasteiger partial charge in [-0.15, -0.1) is 0 Å². The Kier molecular flexibility index (Phi) is 4.28. The molecule has 0 fully saturated rings. The van der Waals surface area contributed by atoms with Gasteiger partial charge >= 0.3 is 0 Å². The van der Waals surface area contributed by atoms with Crippen molar-refractivity contribution >= 4 is 5.91 Å². The summed E-state index contributed by atoms with van der Waals surface area (Å²) in [6, 6.07) is 3.00. The number of rotatable bonds is 4. The van der Waals surface area contributed by atoms with E-state index in [2.05, 4.69) is 19.2 Å². The van der Waals surface area contributed by atoms with Gasteiger partial charge in [0.25, 0.3) is 11.5 Å². The van der Waals surface area contributed by atoms with Crippen molar-refractivity contribution in [1.82, 2.24) is 9.88 Å². The first kappa shape index (κ1) is 12.5. The van der Waals surface area contributed by atoms with Gasteiger partial charge in [0.1, 0.15) is 0 Å². The maximum Gasteiger partial charge on any atom is 0.251 e. The molecule has 1 heterocycles. The molecule has 1 N–H and O–H groups in total. The summed E-state index contributed by atoms with van der Waals surface area (Å²) in [7, 11) is 1.66. The smallest absolute Gasteiger partial charge is 0.251 e. The molecular formula is C12H18N2O2. The van der Waals surface area contributed by atoms with Gasteiger partial charge in [-0.05, 0) is 12.0 Å². The Morgan fingerprint density at radius 1 is 1.56 bits per heavy atom. The summed E-state index contributed by atoms with van der Waals surface area (Å²) >= 11 is 0. The van der Waals surface area contributed by atoms with E-state index in [9.17, 15) is 9.59 Å². The Balaban J connectivity index is 2.67. The van der Waals surface area contributed by atoms with E-state index in [-0.39, 0.29) is 11.5 Å². The van der Waals surface area contributed by atoms with E-state index in [0.29, 0.717) is 18.0 Å². The van der Waals surface area contributed by atoms with Crippen molar-refractivity contribution in [3.8, 4) is 0 Å². The second kappa shape index (κ2) is 5.49. The number of hydrogen-bond donors (Lipinski definition) is 1. The van der Waals surface area contributed by atoms with Crippen molar-refractivity contribution in [3.05, 3.63) is 34.2 Å². The lowest BCUT2D eigenvalue weighted by atomic mass is 10.1. The summed E-state index contributed by atoms with van der Waals surface area (Å²) in [5.41, 5.74) is 0.252. The van der Waals surface area contributed by atoms with Gasteiger partial charge in [-0.1, -0.05) is 20.3 Å². The van der Waals surface area contributed by atoms with E-state index in [1.165, 1.54) is 10.6 Å². The number of aromatic nitrogens is 1. The molecule has 1 rings (SSSR count). The van der Waals surface area contributed by atoms with Crippen molar-refractivity contribution in [2.45, 2.75) is 20.3 Å². The molecule has 0 bridgehead atoms. The fraction of sp³-hybridized carbons (Fsp3) is 0.500. The Hall–Kier alpha value is -1.58. The third-order valence-electron chi connectivity index (χ3n) is 2.67. The largest absolute Gasteiger partial charge is 0.352 e. The van der Waals surface area contributed by atoms with E-state index < -0.39 is 0 Å². The van der Waals surface area contributed by atoms with Crippen molar-refractivity contribution in [2.24, 2.45) is 13.0 Å². The van der Waals surface area contributed by atoms with Crippen LogP contribution in [0.25, 0.3) is 0 Å². The molecule has 88 valence electrons. The Morgan fingerprint density at radius 2 is 2.25 bits per heavy atom. The molecule has 0 aliphatic rings. The van der Waals surface area contributed by atoms with E-state index in [4.69, 9.17) is 0 Å². The second-order valence-electron chi connectivity index (χ2n) is 4.09. The van der Waals surface area contributed by atoms with Crippen LogP contribution < -0.4 is 10.9 Å². The molecule has 1 aromatic rings. The molecule has 0 aliphatic heterocycles. The van der Waals surface area contributed by atoms with E-state index in [1.807, 2.05) is 0 Å². The summed E-state index contributed by atoms with van der Waals surface area (Å²) in [5.74, 6) is 0.272. The van der Waals surface area contributed by atoms with Crippen LogP contribution in [0.5, 0.6) is 0 Å². The summed E-state index contributed by atoms with van der Waals surface area (Å²) in [6.07, 6.45) is 2.62. The van der Waals surface area contributed by atoms with Gasteiger partial charge in [-0.3, -0.25) is 9.59 Å². The van der Waals surface area contributed by atoms with Crippen molar-refractivity contribution in [2.75, 3.05) is 6.54 Å². The average molecular weight is 222 g/mol. The number of carbonyl (C=O) groups is 1. The topological polar surface area (TPSA) is 51.1 Å². The van der Waals surface area contributed by atoms with Crippen LogP contribution in [-0.4, -0.2) is 17.0 Å². The minimum Gasteiger partial charge on any atom is -0.352 e. The Morgan fingerprint density at radius 3 is 2.81 bits per heavy atom. The summed E-state index contributed by atoms with van der Waals surface area (Å²) in [5, 5.41) is 2.81. The van der Waals surface area contributed by atoms with Gasteiger partial charge in [0, 0.05) is 31.4 Å². The standard InChI is InChI=1S/C12H18N2O2/c1-4-9(2)8-13-12(16)10-5-6-14(3)11(15)7-10/h5-7,9H,4,8H2,1-3H3,(H,13,16). The van der Waals surface area contributed by atoms with Crippen LogP contribution in [0.2, 0.25) is 0 Å². The van der Waals surface area contributed by atoms with E-state index >= 15 is 0 Å². The minimum absolute atomic E-state index is 0.170. The van der Waals surface area contributed by atoms with Crippen molar-refractivity contribution < 1.29 is 4.79 Å². The fourth-order valence-electron chi connectivity index (χ4n) is 1.20. The number of amides is 1. The predicted octanol–water partition coefficient (Wildman–Crippen LogP) is 1.16. The Labute approximate surface area is 95.3 Å². The lowest BCUT2D eigenvalue weighted by Crippen LogP contribution is -2.29. The van der Waals surface area contributed by atoms with Gasteiger partial charge in [0.05, 0.1) is 0 Å². The number of hydrogen-bond acceptors (Lipinski definition) is 2. The monoisotopic (exact) mass is 222 g/mol. The third-order valence-corrected chi connectivity index (χ3v) is 2.67. The summed E-state index contributed by atoms with van der Waals surface area (Å²) < 4.78 is 1.44. The molecule has 0 saturated heterocycles. The van der Waals surface area contributed by atoms with E-state index in [1.54, 1.807) is 19.3 Å². The van der Waals surface area contributed by atoms with E-state index in [0.717, 1.165) is 6.42 Å². The highest BCUT2D eigenvalue weighted by Gasteiger charge is 2.07. The van der Waals surface area contributed by atoms with Crippen LogP contribution in [0, 0.1) is 5.92 Å². The van der Waals surface area contributed by atoms with Crippen LogP contribution in [-0.2, 0) is 7.05 Å². The van der Waals surface area contributed by atoms with Gasteiger partial charge in [-0.25, -0.2) is 0 Å². The zero-order valence-corrected chi connectivity index (χ0v) is 9.99. The molecule has 0 saturated carbocycles. The van der Waals surface area contributed by atoms with Gasteiger partial charge < -0.3 is 9.88 Å². The maximum atomic E-state index is 11.7. The number of pyridine rings is 1. The highest BCUT2D eigenvalue weighted by Crippen LogP contribution is 1.99. The van der Waals surface area contributed by atoms with Crippen molar-refractivity contribution in [3.63, 3.8) is 0 Å². The van der Waals surface area contributed by atoms with Crippen LogP contribution in [0.1, 0.15) is 30.6 Å². The molecule has 0 spiro atoms. The second-order valence-corrected chi connectivity index (χ2v) is 4.09. The van der Waals surface area contributed by atoms with Crippen LogP contribution in [0.3, 0.4) is 0 Å². The average Bonchev–Trinajstić information content (AvgIpc) is 2.29. The predicted molar refractivity (Wildman–Crippen MR) is 63.5 cm³/mol. The SMILES string of the molecule is CCC(C)CNC(=O)c1ccn(C)c(=O)c1. The fourth-order valence-corrected chi connectivity index (χ4v) is 1.20. The van der Waals surface area contributed by atoms with Crippen LogP contribution in [0.4, 0.5) is 0 Å². The normalized spacial score (nSPS) is 12.2. The molecule has 1 unspecified atom stereocenters. The van der Waals surface area contributed by atoms with Gasteiger partial charge in [-0.2, -0.15) is 0 Å². The first-order valence-electron chi connectivity index (χ1n) is 5.49. The molecule has 0 radical (unpaired) electrons. The molecule has 0 aromatic carbocycles. The van der Waals surface area contributed by atoms with Gasteiger partial charge in [0.2, 0.25) is 0 Å². The molecule has 16 heavy (non-hydrogen) atoms. The molecule has 1 amide bonds. The van der Waals surface area contributed by atoms with Gasteiger partial charge in [0.15, 0.2) is 0 Å². The first-order valence-corrected chi connectivity index (χ1v) is 5.49. The van der Waals surface area contributed by atoms with Crippen LogP contribution >= 0.6 is 0 Å². The zero-order valence-electron chi connectivity index (χ0n) is 9.99. The maximum absolute atomic E-state index is 11.7. The molecular weight excluding hydrogens is 204 g/mol. The molecule has 4 nitrogen and oxygen atoms in total. The molecule has 1 aromatic heterocycles. The lowest BCUT2D eigenvalue weighted by Gasteiger charge is -2.10.